The fourth-order valence-corrected chi connectivity index (χ4v) is 3.55. The molecular formula is C18H17BrN2O. The molecule has 1 atom stereocenters. The maximum atomic E-state index is 5.34. The van der Waals surface area contributed by atoms with Crippen LogP contribution in [0.4, 0.5) is 0 Å². The lowest BCUT2D eigenvalue weighted by molar-refractivity contribution is 0.415. The molecule has 0 aliphatic carbocycles. The topological polar surface area (TPSA) is 37.0 Å². The molecule has 0 fully saturated rings. The van der Waals surface area contributed by atoms with Gasteiger partial charge in [-0.05, 0) is 41.8 Å². The van der Waals surface area contributed by atoms with Gasteiger partial charge in [-0.2, -0.15) is 0 Å². The second-order valence-electron chi connectivity index (χ2n) is 5.62. The minimum atomic E-state index is 0.218. The van der Waals surface area contributed by atoms with E-state index in [9.17, 15) is 0 Å². The zero-order chi connectivity index (χ0) is 15.1. The van der Waals surface area contributed by atoms with Crippen molar-refractivity contribution in [3.8, 4) is 5.75 Å². The van der Waals surface area contributed by atoms with E-state index in [1.165, 1.54) is 22.2 Å². The fraction of sp³-hybridized carbons (Fsp3) is 0.222. The smallest absolute Gasteiger partial charge is 0.120 e. The second kappa shape index (κ2) is 5.45. The van der Waals surface area contributed by atoms with Crippen LogP contribution in [0.1, 0.15) is 22.9 Å². The Morgan fingerprint density at radius 1 is 1.14 bits per heavy atom. The highest BCUT2D eigenvalue weighted by atomic mass is 79.9. The van der Waals surface area contributed by atoms with Crippen molar-refractivity contribution in [2.75, 3.05) is 13.7 Å². The van der Waals surface area contributed by atoms with Gasteiger partial charge in [0.15, 0.2) is 0 Å². The first-order chi connectivity index (χ1) is 10.8. The first-order valence-electron chi connectivity index (χ1n) is 7.43. The standard InChI is InChI=1S/C18H17BrN2O/c1-22-13-6-7-14-15-8-9-20-17(18(15)21-16(14)10-13)11-2-4-12(19)5-3-11/h2-7,10,17,20-21H,8-9H2,1H3/t17-/m1/s1. The van der Waals surface area contributed by atoms with Crippen LogP contribution in [-0.2, 0) is 6.42 Å². The maximum absolute atomic E-state index is 5.34. The minimum Gasteiger partial charge on any atom is -0.497 e. The summed E-state index contributed by atoms with van der Waals surface area (Å²) in [7, 11) is 1.70. The number of benzene rings is 2. The Morgan fingerprint density at radius 2 is 1.95 bits per heavy atom. The zero-order valence-corrected chi connectivity index (χ0v) is 13.9. The Hall–Kier alpha value is -1.78. The van der Waals surface area contributed by atoms with Crippen LogP contribution in [-0.4, -0.2) is 18.6 Å². The molecule has 1 aliphatic rings. The van der Waals surface area contributed by atoms with E-state index in [0.29, 0.717) is 0 Å². The van der Waals surface area contributed by atoms with Crippen LogP contribution in [0.3, 0.4) is 0 Å². The van der Waals surface area contributed by atoms with Crippen molar-refractivity contribution < 1.29 is 4.74 Å². The van der Waals surface area contributed by atoms with Crippen LogP contribution in [0.5, 0.6) is 5.75 Å². The molecule has 2 heterocycles. The van der Waals surface area contributed by atoms with Crippen LogP contribution in [0.25, 0.3) is 10.9 Å². The van der Waals surface area contributed by atoms with E-state index in [-0.39, 0.29) is 6.04 Å². The molecule has 0 radical (unpaired) electrons. The Kier molecular flexibility index (Phi) is 3.43. The predicted molar refractivity (Wildman–Crippen MR) is 92.5 cm³/mol. The van der Waals surface area contributed by atoms with Gasteiger partial charge in [0, 0.05) is 33.7 Å². The van der Waals surface area contributed by atoms with Gasteiger partial charge >= 0.3 is 0 Å². The first kappa shape index (κ1) is 13.9. The van der Waals surface area contributed by atoms with E-state index in [1.807, 2.05) is 6.07 Å². The lowest BCUT2D eigenvalue weighted by atomic mass is 9.94. The molecule has 1 aromatic heterocycles. The van der Waals surface area contributed by atoms with E-state index < -0.39 is 0 Å². The first-order valence-corrected chi connectivity index (χ1v) is 8.23. The van der Waals surface area contributed by atoms with Crippen LogP contribution in [0, 0.1) is 0 Å². The van der Waals surface area contributed by atoms with Gasteiger partial charge in [0.2, 0.25) is 0 Å². The molecule has 112 valence electrons. The molecule has 3 aromatic rings. The Balaban J connectivity index is 1.85. The summed E-state index contributed by atoms with van der Waals surface area (Å²) >= 11 is 3.50. The number of rotatable bonds is 2. The summed E-state index contributed by atoms with van der Waals surface area (Å²) < 4.78 is 6.44. The summed E-state index contributed by atoms with van der Waals surface area (Å²) in [6.07, 6.45) is 1.05. The van der Waals surface area contributed by atoms with Crippen LogP contribution >= 0.6 is 15.9 Å². The average molecular weight is 357 g/mol. The lowest BCUT2D eigenvalue weighted by Gasteiger charge is -2.24. The van der Waals surface area contributed by atoms with E-state index >= 15 is 0 Å². The Morgan fingerprint density at radius 3 is 2.73 bits per heavy atom. The highest BCUT2D eigenvalue weighted by molar-refractivity contribution is 9.10. The van der Waals surface area contributed by atoms with Crippen molar-refractivity contribution in [1.29, 1.82) is 0 Å². The summed E-state index contributed by atoms with van der Waals surface area (Å²) in [5.41, 5.74) is 5.12. The molecule has 2 aromatic carbocycles. The number of aromatic amines is 1. The molecule has 2 N–H and O–H groups in total. The molecule has 0 saturated carbocycles. The van der Waals surface area contributed by atoms with E-state index in [4.69, 9.17) is 4.74 Å². The zero-order valence-electron chi connectivity index (χ0n) is 12.3. The number of methoxy groups -OCH3 is 1. The number of fused-ring (bicyclic) bond motifs is 3. The Labute approximate surface area is 137 Å². The van der Waals surface area contributed by atoms with Gasteiger partial charge in [0.1, 0.15) is 5.75 Å². The van der Waals surface area contributed by atoms with Crippen LogP contribution in [0.2, 0.25) is 0 Å². The van der Waals surface area contributed by atoms with Gasteiger partial charge in [-0.25, -0.2) is 0 Å². The lowest BCUT2D eigenvalue weighted by Crippen LogP contribution is -2.30. The van der Waals surface area contributed by atoms with E-state index in [0.717, 1.165) is 28.7 Å². The maximum Gasteiger partial charge on any atom is 0.120 e. The van der Waals surface area contributed by atoms with Gasteiger partial charge in [0.25, 0.3) is 0 Å². The van der Waals surface area contributed by atoms with Crippen molar-refractivity contribution in [1.82, 2.24) is 10.3 Å². The third-order valence-electron chi connectivity index (χ3n) is 4.36. The molecule has 0 saturated heterocycles. The summed E-state index contributed by atoms with van der Waals surface area (Å²) in [6, 6.07) is 15.0. The predicted octanol–water partition coefficient (Wildman–Crippen LogP) is 4.17. The van der Waals surface area contributed by atoms with Crippen molar-refractivity contribution in [3.05, 3.63) is 63.8 Å². The number of ether oxygens (including phenoxy) is 1. The summed E-state index contributed by atoms with van der Waals surface area (Å²) in [6.45, 7) is 0.993. The van der Waals surface area contributed by atoms with E-state index in [1.54, 1.807) is 7.11 Å². The monoisotopic (exact) mass is 356 g/mol. The largest absolute Gasteiger partial charge is 0.497 e. The number of H-pyrrole nitrogens is 1. The molecule has 0 unspecified atom stereocenters. The normalized spacial score (nSPS) is 17.5. The fourth-order valence-electron chi connectivity index (χ4n) is 3.28. The quantitative estimate of drug-likeness (QED) is 0.722. The highest BCUT2D eigenvalue weighted by Crippen LogP contribution is 2.35. The van der Waals surface area contributed by atoms with Gasteiger partial charge < -0.3 is 15.0 Å². The second-order valence-corrected chi connectivity index (χ2v) is 6.53. The molecule has 3 nitrogen and oxygen atoms in total. The van der Waals surface area contributed by atoms with Crippen molar-refractivity contribution in [2.45, 2.75) is 12.5 Å². The molecule has 22 heavy (non-hydrogen) atoms. The average Bonchev–Trinajstić information content (AvgIpc) is 2.93. The van der Waals surface area contributed by atoms with Gasteiger partial charge in [-0.15, -0.1) is 0 Å². The molecule has 0 spiro atoms. The van der Waals surface area contributed by atoms with Crippen molar-refractivity contribution in [3.63, 3.8) is 0 Å². The summed E-state index contributed by atoms with van der Waals surface area (Å²) in [5.74, 6) is 0.888. The molecule has 0 amide bonds. The van der Waals surface area contributed by atoms with E-state index in [2.05, 4.69) is 62.6 Å². The number of hydrogen-bond acceptors (Lipinski definition) is 2. The van der Waals surface area contributed by atoms with Gasteiger partial charge in [-0.1, -0.05) is 28.1 Å². The number of nitrogens with one attached hydrogen (secondary N) is 2. The third kappa shape index (κ3) is 2.23. The number of halogens is 1. The minimum absolute atomic E-state index is 0.218. The van der Waals surface area contributed by atoms with Crippen molar-refractivity contribution in [2.24, 2.45) is 0 Å². The summed E-state index contributed by atoms with van der Waals surface area (Å²) in [5, 5.41) is 4.93. The molecule has 4 rings (SSSR count). The summed E-state index contributed by atoms with van der Waals surface area (Å²) in [4.78, 5) is 3.60. The van der Waals surface area contributed by atoms with Gasteiger partial charge in [0.05, 0.1) is 13.2 Å². The molecular weight excluding hydrogens is 340 g/mol. The number of aromatic nitrogens is 1. The molecule has 4 heteroatoms. The SMILES string of the molecule is COc1ccc2c3c([nH]c2c1)[C@@H](c1ccc(Br)cc1)NCC3. The van der Waals surface area contributed by atoms with Gasteiger partial charge in [-0.3, -0.25) is 0 Å². The van der Waals surface area contributed by atoms with Crippen LogP contribution in [0.15, 0.2) is 46.9 Å². The Bertz CT molecular complexity index is 823. The highest BCUT2D eigenvalue weighted by Gasteiger charge is 2.25. The molecule has 0 bridgehead atoms. The van der Waals surface area contributed by atoms with Crippen LogP contribution < -0.4 is 10.1 Å². The third-order valence-corrected chi connectivity index (χ3v) is 4.89. The number of hydrogen-bond donors (Lipinski definition) is 2. The molecule has 1 aliphatic heterocycles. The van der Waals surface area contributed by atoms with Crippen molar-refractivity contribution >= 4 is 26.8 Å².